The SMILES string of the molecule is CC1(C)CCC(c2noc(C3(S(C)(=O)=O)CCCC3)n2)c2ccccc21. The standard InChI is InChI=1S/C20H26N2O3S/c1-19(2)13-10-15(14-8-4-5-9-16(14)19)17-21-18(25-22-17)20(26(3,23)24)11-6-7-12-20/h4-5,8-9,15H,6-7,10-13H2,1-3H3. The number of hydrogen-bond acceptors (Lipinski definition) is 5. The molecule has 1 aromatic carbocycles. The van der Waals surface area contributed by atoms with Gasteiger partial charge in [0.05, 0.1) is 0 Å². The highest BCUT2D eigenvalue weighted by molar-refractivity contribution is 7.91. The Balaban J connectivity index is 1.76. The van der Waals surface area contributed by atoms with E-state index in [1.165, 1.54) is 17.4 Å². The van der Waals surface area contributed by atoms with Crippen LogP contribution in [0.3, 0.4) is 0 Å². The van der Waals surface area contributed by atoms with Crippen LogP contribution in [-0.4, -0.2) is 24.8 Å². The molecule has 0 radical (unpaired) electrons. The molecule has 4 rings (SSSR count). The largest absolute Gasteiger partial charge is 0.338 e. The van der Waals surface area contributed by atoms with E-state index in [9.17, 15) is 8.42 Å². The molecule has 2 aromatic rings. The number of fused-ring (bicyclic) bond motifs is 1. The van der Waals surface area contributed by atoms with Gasteiger partial charge in [0.2, 0.25) is 5.89 Å². The molecule has 140 valence electrons. The third-order valence-corrected chi connectivity index (χ3v) is 8.39. The van der Waals surface area contributed by atoms with E-state index in [4.69, 9.17) is 4.52 Å². The molecule has 2 aliphatic carbocycles. The summed E-state index contributed by atoms with van der Waals surface area (Å²) >= 11 is 0. The molecule has 1 heterocycles. The van der Waals surface area contributed by atoms with Gasteiger partial charge in [-0.1, -0.05) is 56.1 Å². The van der Waals surface area contributed by atoms with Crippen LogP contribution in [0.4, 0.5) is 0 Å². The van der Waals surface area contributed by atoms with E-state index in [1.807, 2.05) is 6.07 Å². The predicted octanol–water partition coefficient (Wildman–Crippen LogP) is 4.09. The molecule has 0 bridgehead atoms. The van der Waals surface area contributed by atoms with Crippen LogP contribution in [0, 0.1) is 0 Å². The fraction of sp³-hybridized carbons (Fsp3) is 0.600. The van der Waals surface area contributed by atoms with Gasteiger partial charge >= 0.3 is 0 Å². The Hall–Kier alpha value is -1.69. The fourth-order valence-electron chi connectivity index (χ4n) is 4.73. The first-order chi connectivity index (χ1) is 12.2. The van der Waals surface area contributed by atoms with E-state index in [-0.39, 0.29) is 17.2 Å². The quantitative estimate of drug-likeness (QED) is 0.809. The summed E-state index contributed by atoms with van der Waals surface area (Å²) in [7, 11) is -3.31. The summed E-state index contributed by atoms with van der Waals surface area (Å²) in [5, 5.41) is 4.24. The van der Waals surface area contributed by atoms with E-state index in [0.717, 1.165) is 25.7 Å². The smallest absolute Gasteiger partial charge is 0.248 e. The maximum atomic E-state index is 12.5. The summed E-state index contributed by atoms with van der Waals surface area (Å²) in [5.41, 5.74) is 2.68. The van der Waals surface area contributed by atoms with Gasteiger partial charge in [-0.15, -0.1) is 0 Å². The Morgan fingerprint density at radius 2 is 1.81 bits per heavy atom. The van der Waals surface area contributed by atoms with E-state index >= 15 is 0 Å². The minimum atomic E-state index is -3.31. The average Bonchev–Trinajstić information content (AvgIpc) is 3.24. The van der Waals surface area contributed by atoms with E-state index in [1.54, 1.807) is 0 Å². The van der Waals surface area contributed by atoms with E-state index < -0.39 is 14.6 Å². The number of benzene rings is 1. The molecule has 26 heavy (non-hydrogen) atoms. The Labute approximate surface area is 155 Å². The highest BCUT2D eigenvalue weighted by Crippen LogP contribution is 2.47. The van der Waals surface area contributed by atoms with Crippen molar-refractivity contribution in [1.82, 2.24) is 10.1 Å². The van der Waals surface area contributed by atoms with Gasteiger partial charge in [0, 0.05) is 12.2 Å². The number of nitrogens with zero attached hydrogens (tertiary/aromatic N) is 2. The molecule has 1 unspecified atom stereocenters. The van der Waals surface area contributed by atoms with Gasteiger partial charge in [-0.2, -0.15) is 4.98 Å². The second-order valence-corrected chi connectivity index (χ2v) is 10.8. The fourth-order valence-corrected chi connectivity index (χ4v) is 6.16. The maximum absolute atomic E-state index is 12.5. The lowest BCUT2D eigenvalue weighted by Crippen LogP contribution is -2.32. The molecule has 0 spiro atoms. The van der Waals surface area contributed by atoms with Gasteiger partial charge in [-0.25, -0.2) is 8.42 Å². The maximum Gasteiger partial charge on any atom is 0.248 e. The average molecular weight is 375 g/mol. The highest BCUT2D eigenvalue weighted by atomic mass is 32.2. The van der Waals surface area contributed by atoms with Gasteiger partial charge in [0.15, 0.2) is 20.4 Å². The zero-order valence-corrected chi connectivity index (χ0v) is 16.5. The minimum Gasteiger partial charge on any atom is -0.338 e. The topological polar surface area (TPSA) is 73.1 Å². The first-order valence-electron chi connectivity index (χ1n) is 9.38. The normalized spacial score (nSPS) is 24.3. The van der Waals surface area contributed by atoms with Gasteiger partial charge in [-0.3, -0.25) is 0 Å². The zero-order chi connectivity index (χ0) is 18.6. The molecule has 0 saturated heterocycles. The molecule has 0 aliphatic heterocycles. The molecule has 6 heteroatoms. The first-order valence-corrected chi connectivity index (χ1v) is 11.3. The van der Waals surface area contributed by atoms with Gasteiger partial charge in [0.25, 0.3) is 0 Å². The number of hydrogen-bond donors (Lipinski definition) is 0. The molecule has 1 fully saturated rings. The van der Waals surface area contributed by atoms with Crippen LogP contribution < -0.4 is 0 Å². The Morgan fingerprint density at radius 3 is 2.50 bits per heavy atom. The molecule has 2 aliphatic rings. The molecule has 1 aromatic heterocycles. The Kier molecular flexibility index (Phi) is 4.03. The molecular formula is C20H26N2O3S. The van der Waals surface area contributed by atoms with Crippen molar-refractivity contribution in [1.29, 1.82) is 0 Å². The summed E-state index contributed by atoms with van der Waals surface area (Å²) < 4.78 is 29.6. The van der Waals surface area contributed by atoms with Crippen molar-refractivity contribution in [3.8, 4) is 0 Å². The predicted molar refractivity (Wildman–Crippen MR) is 99.8 cm³/mol. The summed E-state index contributed by atoms with van der Waals surface area (Å²) in [6, 6.07) is 8.43. The van der Waals surface area contributed by atoms with Crippen LogP contribution in [0.25, 0.3) is 0 Å². The zero-order valence-electron chi connectivity index (χ0n) is 15.7. The molecular weight excluding hydrogens is 348 g/mol. The summed E-state index contributed by atoms with van der Waals surface area (Å²) in [5.74, 6) is 0.974. The van der Waals surface area contributed by atoms with Crippen molar-refractivity contribution < 1.29 is 12.9 Å². The summed E-state index contributed by atoms with van der Waals surface area (Å²) in [6.07, 6.45) is 6.17. The van der Waals surface area contributed by atoms with E-state index in [2.05, 4.69) is 42.2 Å². The van der Waals surface area contributed by atoms with Gasteiger partial charge in [-0.05, 0) is 42.2 Å². The Morgan fingerprint density at radius 1 is 1.12 bits per heavy atom. The second-order valence-electron chi connectivity index (χ2n) is 8.49. The van der Waals surface area contributed by atoms with Crippen LogP contribution in [0.15, 0.2) is 28.8 Å². The van der Waals surface area contributed by atoms with Crippen LogP contribution in [0.1, 0.15) is 81.1 Å². The number of sulfone groups is 1. The lowest BCUT2D eigenvalue weighted by Gasteiger charge is -2.36. The van der Waals surface area contributed by atoms with Crippen molar-refractivity contribution in [2.75, 3.05) is 6.26 Å². The van der Waals surface area contributed by atoms with Crippen molar-refractivity contribution in [2.24, 2.45) is 0 Å². The van der Waals surface area contributed by atoms with Gasteiger partial charge < -0.3 is 4.52 Å². The van der Waals surface area contributed by atoms with Gasteiger partial charge in [0.1, 0.15) is 0 Å². The first kappa shape index (κ1) is 17.7. The van der Waals surface area contributed by atoms with Crippen molar-refractivity contribution in [3.05, 3.63) is 47.1 Å². The molecule has 0 N–H and O–H groups in total. The van der Waals surface area contributed by atoms with E-state index in [0.29, 0.717) is 18.7 Å². The van der Waals surface area contributed by atoms with Crippen molar-refractivity contribution >= 4 is 9.84 Å². The van der Waals surface area contributed by atoms with Crippen LogP contribution in [0.2, 0.25) is 0 Å². The summed E-state index contributed by atoms with van der Waals surface area (Å²) in [4.78, 5) is 4.64. The lowest BCUT2D eigenvalue weighted by atomic mass is 9.68. The number of rotatable bonds is 3. The lowest BCUT2D eigenvalue weighted by molar-refractivity contribution is 0.325. The highest BCUT2D eigenvalue weighted by Gasteiger charge is 2.50. The molecule has 0 amide bonds. The molecule has 1 saturated carbocycles. The number of aromatic nitrogens is 2. The summed E-state index contributed by atoms with van der Waals surface area (Å²) in [6.45, 7) is 4.53. The van der Waals surface area contributed by atoms with Crippen LogP contribution in [-0.2, 0) is 20.0 Å². The minimum absolute atomic E-state index is 0.0646. The Bertz CT molecular complexity index is 924. The molecule has 5 nitrogen and oxygen atoms in total. The van der Waals surface area contributed by atoms with Crippen LogP contribution in [0.5, 0.6) is 0 Å². The van der Waals surface area contributed by atoms with Crippen molar-refractivity contribution in [2.45, 2.75) is 68.5 Å². The van der Waals surface area contributed by atoms with Crippen molar-refractivity contribution in [3.63, 3.8) is 0 Å². The third-order valence-electron chi connectivity index (χ3n) is 6.39. The van der Waals surface area contributed by atoms with Crippen LogP contribution >= 0.6 is 0 Å². The molecule has 1 atom stereocenters. The second kappa shape index (κ2) is 5.91. The third kappa shape index (κ3) is 2.61. The monoisotopic (exact) mass is 374 g/mol.